The summed E-state index contributed by atoms with van der Waals surface area (Å²) in [7, 11) is 1.55. The van der Waals surface area contributed by atoms with Gasteiger partial charge in [0.25, 0.3) is 5.22 Å². The number of benzene rings is 2. The highest BCUT2D eigenvalue weighted by Gasteiger charge is 2.16. The fraction of sp³-hybridized carbons (Fsp3) is 0.158. The fourth-order valence-corrected chi connectivity index (χ4v) is 3.14. The van der Waals surface area contributed by atoms with Gasteiger partial charge >= 0.3 is 0 Å². The van der Waals surface area contributed by atoms with E-state index in [0.29, 0.717) is 21.8 Å². The van der Waals surface area contributed by atoms with Crippen LogP contribution in [0.4, 0.5) is 5.69 Å². The Kier molecular flexibility index (Phi) is 6.67. The van der Waals surface area contributed by atoms with Crippen LogP contribution in [0.15, 0.2) is 64.2 Å². The third-order valence-corrected chi connectivity index (χ3v) is 4.83. The molecule has 1 heterocycles. The van der Waals surface area contributed by atoms with Gasteiger partial charge in [0.2, 0.25) is 17.7 Å². The van der Waals surface area contributed by atoms with Gasteiger partial charge in [0, 0.05) is 12.6 Å². The highest BCUT2D eigenvalue weighted by Crippen LogP contribution is 2.23. The molecule has 7 nitrogen and oxygen atoms in total. The van der Waals surface area contributed by atoms with E-state index in [9.17, 15) is 9.59 Å². The molecule has 0 fully saturated rings. The van der Waals surface area contributed by atoms with Crippen LogP contribution in [0.2, 0.25) is 5.02 Å². The smallest absolute Gasteiger partial charge is 0.277 e. The van der Waals surface area contributed by atoms with E-state index in [-0.39, 0.29) is 24.1 Å². The average Bonchev–Trinajstić information content (AvgIpc) is 3.17. The molecule has 0 aliphatic rings. The Balaban J connectivity index is 1.49. The molecule has 0 spiro atoms. The Morgan fingerprint density at radius 2 is 1.82 bits per heavy atom. The first kappa shape index (κ1) is 19.9. The molecule has 0 aliphatic heterocycles. The lowest BCUT2D eigenvalue weighted by molar-refractivity contribution is -0.131. The van der Waals surface area contributed by atoms with Crippen molar-refractivity contribution in [3.63, 3.8) is 0 Å². The second kappa shape index (κ2) is 9.38. The first-order valence-electron chi connectivity index (χ1n) is 8.33. The molecule has 0 unspecified atom stereocenters. The van der Waals surface area contributed by atoms with Crippen molar-refractivity contribution < 1.29 is 14.0 Å². The van der Waals surface area contributed by atoms with Crippen LogP contribution in [0.1, 0.15) is 0 Å². The van der Waals surface area contributed by atoms with Crippen molar-refractivity contribution in [2.75, 3.05) is 24.7 Å². The number of rotatable bonds is 7. The quantitative estimate of drug-likeness (QED) is 0.592. The Morgan fingerprint density at radius 1 is 1.11 bits per heavy atom. The summed E-state index contributed by atoms with van der Waals surface area (Å²) in [5.74, 6) is -0.105. The van der Waals surface area contributed by atoms with E-state index in [1.165, 1.54) is 4.90 Å². The van der Waals surface area contributed by atoms with Crippen LogP contribution < -0.4 is 5.32 Å². The summed E-state index contributed by atoms with van der Waals surface area (Å²) in [6, 6.07) is 16.3. The number of nitrogens with zero attached hydrogens (tertiary/aromatic N) is 3. The molecule has 0 radical (unpaired) electrons. The van der Waals surface area contributed by atoms with Gasteiger partial charge in [-0.25, -0.2) is 0 Å². The van der Waals surface area contributed by atoms with Crippen LogP contribution in [-0.2, 0) is 9.59 Å². The summed E-state index contributed by atoms with van der Waals surface area (Å²) >= 11 is 7.13. The van der Waals surface area contributed by atoms with Gasteiger partial charge in [0.05, 0.1) is 23.0 Å². The number of amides is 2. The predicted molar refractivity (Wildman–Crippen MR) is 108 cm³/mol. The number of para-hydroxylation sites is 1. The predicted octanol–water partition coefficient (Wildman–Crippen LogP) is 3.58. The van der Waals surface area contributed by atoms with E-state index in [4.69, 9.17) is 16.0 Å². The van der Waals surface area contributed by atoms with E-state index in [0.717, 1.165) is 17.3 Å². The van der Waals surface area contributed by atoms with Gasteiger partial charge in [-0.3, -0.25) is 9.59 Å². The van der Waals surface area contributed by atoms with Crippen molar-refractivity contribution >= 4 is 40.9 Å². The van der Waals surface area contributed by atoms with Gasteiger partial charge in [-0.1, -0.05) is 53.7 Å². The van der Waals surface area contributed by atoms with E-state index in [1.54, 1.807) is 31.3 Å². The minimum atomic E-state index is -0.335. The lowest BCUT2D eigenvalue weighted by Crippen LogP contribution is -2.36. The van der Waals surface area contributed by atoms with E-state index >= 15 is 0 Å². The largest absolute Gasteiger partial charge is 0.411 e. The van der Waals surface area contributed by atoms with Crippen LogP contribution in [-0.4, -0.2) is 46.3 Å². The fourth-order valence-electron chi connectivity index (χ4n) is 2.26. The zero-order valence-electron chi connectivity index (χ0n) is 15.0. The molecule has 3 aromatic rings. The number of hydrogen-bond acceptors (Lipinski definition) is 6. The summed E-state index contributed by atoms with van der Waals surface area (Å²) in [6.07, 6.45) is 0. The van der Waals surface area contributed by atoms with Gasteiger partial charge in [0.1, 0.15) is 0 Å². The monoisotopic (exact) mass is 416 g/mol. The third-order valence-electron chi connectivity index (χ3n) is 3.70. The van der Waals surface area contributed by atoms with Crippen molar-refractivity contribution in [1.29, 1.82) is 0 Å². The maximum atomic E-state index is 12.3. The van der Waals surface area contributed by atoms with Crippen LogP contribution in [0, 0.1) is 0 Å². The summed E-state index contributed by atoms with van der Waals surface area (Å²) in [6.45, 7) is -0.0935. The number of halogens is 1. The first-order chi connectivity index (χ1) is 13.5. The molecule has 0 saturated heterocycles. The van der Waals surface area contributed by atoms with E-state index in [1.807, 2.05) is 30.3 Å². The molecule has 0 atom stereocenters. The topological polar surface area (TPSA) is 88.3 Å². The van der Waals surface area contributed by atoms with Crippen LogP contribution in [0.25, 0.3) is 11.5 Å². The zero-order chi connectivity index (χ0) is 19.9. The summed E-state index contributed by atoms with van der Waals surface area (Å²) in [5.41, 5.74) is 1.31. The molecule has 28 heavy (non-hydrogen) atoms. The number of carbonyl (C=O) groups is 2. The molecule has 0 saturated carbocycles. The Bertz CT molecular complexity index is 965. The first-order valence-corrected chi connectivity index (χ1v) is 9.69. The van der Waals surface area contributed by atoms with Gasteiger partial charge in [0.15, 0.2) is 0 Å². The molecule has 3 rings (SSSR count). The summed E-state index contributed by atoms with van der Waals surface area (Å²) < 4.78 is 5.55. The molecule has 2 amide bonds. The number of carbonyl (C=O) groups excluding carboxylic acids is 2. The zero-order valence-corrected chi connectivity index (χ0v) is 16.5. The van der Waals surface area contributed by atoms with Crippen molar-refractivity contribution in [1.82, 2.24) is 15.1 Å². The number of nitrogens with one attached hydrogen (secondary N) is 1. The normalized spacial score (nSPS) is 10.5. The molecule has 0 aliphatic carbocycles. The van der Waals surface area contributed by atoms with Gasteiger partial charge < -0.3 is 14.6 Å². The lowest BCUT2D eigenvalue weighted by Gasteiger charge is -2.16. The van der Waals surface area contributed by atoms with Crippen LogP contribution in [0.5, 0.6) is 0 Å². The van der Waals surface area contributed by atoms with Crippen molar-refractivity contribution in [2.24, 2.45) is 0 Å². The maximum Gasteiger partial charge on any atom is 0.277 e. The number of thioether (sulfide) groups is 1. The van der Waals surface area contributed by atoms with Gasteiger partial charge in [-0.05, 0) is 24.3 Å². The molecule has 144 valence electrons. The van der Waals surface area contributed by atoms with Gasteiger partial charge in [-0.2, -0.15) is 0 Å². The summed E-state index contributed by atoms with van der Waals surface area (Å²) in [4.78, 5) is 25.7. The van der Waals surface area contributed by atoms with E-state index < -0.39 is 0 Å². The third kappa shape index (κ3) is 5.34. The van der Waals surface area contributed by atoms with E-state index in [2.05, 4.69) is 15.5 Å². The second-order valence-electron chi connectivity index (χ2n) is 5.81. The molecule has 1 aromatic heterocycles. The Labute approximate surface area is 171 Å². The molecular weight excluding hydrogens is 400 g/mol. The van der Waals surface area contributed by atoms with Gasteiger partial charge in [-0.15, -0.1) is 10.2 Å². The Morgan fingerprint density at radius 3 is 2.57 bits per heavy atom. The minimum absolute atomic E-state index is 0.0757. The van der Waals surface area contributed by atoms with Crippen molar-refractivity contribution in [3.8, 4) is 11.5 Å². The van der Waals surface area contributed by atoms with Crippen LogP contribution >= 0.6 is 23.4 Å². The number of hydrogen-bond donors (Lipinski definition) is 1. The van der Waals surface area contributed by atoms with Crippen molar-refractivity contribution in [2.45, 2.75) is 5.22 Å². The molecule has 9 heteroatoms. The average molecular weight is 417 g/mol. The standard InChI is InChI=1S/C19H17ClN4O3S/c1-24(11-16(25)21-15-10-6-5-9-14(15)20)17(26)12-28-19-23-22-18(27-19)13-7-3-2-4-8-13/h2-10H,11-12H2,1H3,(H,21,25). The Hall–Kier alpha value is -2.84. The molecule has 0 bridgehead atoms. The van der Waals surface area contributed by atoms with Crippen LogP contribution in [0.3, 0.4) is 0 Å². The summed E-state index contributed by atoms with van der Waals surface area (Å²) in [5, 5.41) is 11.3. The van der Waals surface area contributed by atoms with Crippen molar-refractivity contribution in [3.05, 3.63) is 59.6 Å². The SMILES string of the molecule is CN(CC(=O)Nc1ccccc1Cl)C(=O)CSc1nnc(-c2ccccc2)o1. The lowest BCUT2D eigenvalue weighted by atomic mass is 10.2. The number of anilines is 1. The number of likely N-dealkylation sites (N-methyl/N-ethyl adjacent to an activating group) is 1. The minimum Gasteiger partial charge on any atom is -0.411 e. The molecular formula is C19H17ClN4O3S. The molecule has 2 aromatic carbocycles. The highest BCUT2D eigenvalue weighted by molar-refractivity contribution is 7.99. The second-order valence-corrected chi connectivity index (χ2v) is 7.14. The number of aromatic nitrogens is 2. The highest BCUT2D eigenvalue weighted by atomic mass is 35.5. The maximum absolute atomic E-state index is 12.3. The molecule has 1 N–H and O–H groups in total.